The molecule has 0 aliphatic carbocycles. The molecule has 3 amide bonds. The van der Waals surface area contributed by atoms with Gasteiger partial charge < -0.3 is 15.5 Å². The fourth-order valence-electron chi connectivity index (χ4n) is 2.95. The third-order valence-electron chi connectivity index (χ3n) is 4.24. The number of benzene rings is 1. The largest absolute Gasteiger partial charge is 0.339 e. The van der Waals surface area contributed by atoms with Crippen molar-refractivity contribution in [1.29, 1.82) is 0 Å². The first-order chi connectivity index (χ1) is 12.6. The molecule has 0 aromatic heterocycles. The molecule has 1 aliphatic rings. The molecule has 27 heavy (non-hydrogen) atoms. The first kappa shape index (κ1) is 21.2. The number of piperidine rings is 1. The van der Waals surface area contributed by atoms with E-state index in [0.717, 1.165) is 11.8 Å². The van der Waals surface area contributed by atoms with Crippen LogP contribution in [0.4, 0.5) is 4.79 Å². The standard InChI is InChI=1S/C18H28N4O4S/c1-13(2)20-18(24)19-12-14-4-6-15(7-5-14)17(23)22-10-8-16(9-11-22)21-27(3,25)26/h4-7,13,16,21H,8-12H2,1-3H3,(H2,19,20,24). The van der Waals surface area contributed by atoms with Crippen molar-refractivity contribution in [1.82, 2.24) is 20.3 Å². The zero-order valence-electron chi connectivity index (χ0n) is 16.0. The van der Waals surface area contributed by atoms with E-state index in [1.54, 1.807) is 17.0 Å². The monoisotopic (exact) mass is 396 g/mol. The number of sulfonamides is 1. The van der Waals surface area contributed by atoms with E-state index < -0.39 is 10.0 Å². The van der Waals surface area contributed by atoms with Gasteiger partial charge in [-0.1, -0.05) is 12.1 Å². The first-order valence-electron chi connectivity index (χ1n) is 9.04. The average molecular weight is 397 g/mol. The summed E-state index contributed by atoms with van der Waals surface area (Å²) < 4.78 is 25.2. The van der Waals surface area contributed by atoms with Gasteiger partial charge in [0, 0.05) is 37.3 Å². The summed E-state index contributed by atoms with van der Waals surface area (Å²) in [4.78, 5) is 25.9. The second-order valence-corrected chi connectivity index (χ2v) is 8.92. The molecule has 1 aromatic rings. The lowest BCUT2D eigenvalue weighted by Crippen LogP contribution is -2.46. The number of nitrogens with one attached hydrogen (secondary N) is 3. The van der Waals surface area contributed by atoms with Gasteiger partial charge in [0.1, 0.15) is 0 Å². The van der Waals surface area contributed by atoms with Gasteiger partial charge in [-0.3, -0.25) is 4.79 Å². The van der Waals surface area contributed by atoms with Crippen molar-refractivity contribution in [2.75, 3.05) is 19.3 Å². The third-order valence-corrected chi connectivity index (χ3v) is 5.00. The highest BCUT2D eigenvalue weighted by Crippen LogP contribution is 2.15. The number of carbonyl (C=O) groups excluding carboxylic acids is 2. The maximum Gasteiger partial charge on any atom is 0.315 e. The Balaban J connectivity index is 1.84. The Morgan fingerprint density at radius 2 is 1.74 bits per heavy atom. The number of nitrogens with zero attached hydrogens (tertiary/aromatic N) is 1. The van der Waals surface area contributed by atoms with Gasteiger partial charge >= 0.3 is 6.03 Å². The lowest BCUT2D eigenvalue weighted by Gasteiger charge is -2.32. The van der Waals surface area contributed by atoms with Gasteiger partial charge in [-0.05, 0) is 44.4 Å². The Hall–Kier alpha value is -2.13. The number of likely N-dealkylation sites (tertiary alicyclic amines) is 1. The Morgan fingerprint density at radius 3 is 2.26 bits per heavy atom. The Labute approximate surface area is 160 Å². The highest BCUT2D eigenvalue weighted by atomic mass is 32.2. The molecule has 0 bridgehead atoms. The number of hydrogen-bond acceptors (Lipinski definition) is 4. The van der Waals surface area contributed by atoms with Crippen LogP contribution in [0.3, 0.4) is 0 Å². The Morgan fingerprint density at radius 1 is 1.15 bits per heavy atom. The molecule has 150 valence electrons. The van der Waals surface area contributed by atoms with Crippen LogP contribution in [0.15, 0.2) is 24.3 Å². The Bertz CT molecular complexity index is 754. The Kier molecular flexibility index (Phi) is 7.20. The van der Waals surface area contributed by atoms with Crippen LogP contribution < -0.4 is 15.4 Å². The molecule has 1 fully saturated rings. The zero-order valence-corrected chi connectivity index (χ0v) is 16.8. The summed E-state index contributed by atoms with van der Waals surface area (Å²) in [5.41, 5.74) is 1.49. The van der Waals surface area contributed by atoms with Crippen LogP contribution >= 0.6 is 0 Å². The van der Waals surface area contributed by atoms with Gasteiger partial charge in [0.15, 0.2) is 0 Å². The predicted octanol–water partition coefficient (Wildman–Crippen LogP) is 1.05. The highest BCUT2D eigenvalue weighted by molar-refractivity contribution is 7.88. The van der Waals surface area contributed by atoms with Gasteiger partial charge in [-0.2, -0.15) is 0 Å². The second-order valence-electron chi connectivity index (χ2n) is 7.14. The molecule has 8 nitrogen and oxygen atoms in total. The SMILES string of the molecule is CC(C)NC(=O)NCc1ccc(C(=O)N2CCC(NS(C)(=O)=O)CC2)cc1. The third kappa shape index (κ3) is 7.18. The van der Waals surface area contributed by atoms with Crippen molar-refractivity contribution in [2.45, 2.75) is 45.3 Å². The van der Waals surface area contributed by atoms with Crippen molar-refractivity contribution >= 4 is 22.0 Å². The van der Waals surface area contributed by atoms with E-state index in [1.165, 1.54) is 0 Å². The van der Waals surface area contributed by atoms with Crippen LogP contribution in [0.2, 0.25) is 0 Å². The molecule has 1 saturated heterocycles. The van der Waals surface area contributed by atoms with Crippen LogP contribution in [0.25, 0.3) is 0 Å². The van der Waals surface area contributed by atoms with Crippen LogP contribution in [0.5, 0.6) is 0 Å². The molecule has 9 heteroatoms. The van der Waals surface area contributed by atoms with Crippen LogP contribution in [0.1, 0.15) is 42.6 Å². The zero-order chi connectivity index (χ0) is 20.0. The van der Waals surface area contributed by atoms with Gasteiger partial charge in [-0.15, -0.1) is 0 Å². The summed E-state index contributed by atoms with van der Waals surface area (Å²) in [6.07, 6.45) is 2.35. The normalized spacial score (nSPS) is 15.6. The lowest BCUT2D eigenvalue weighted by atomic mass is 10.0. The minimum atomic E-state index is -3.22. The molecule has 1 aliphatic heterocycles. The molecule has 1 aromatic carbocycles. The van der Waals surface area contributed by atoms with Gasteiger partial charge in [0.2, 0.25) is 10.0 Å². The fourth-order valence-corrected chi connectivity index (χ4v) is 3.79. The van der Waals surface area contributed by atoms with Crippen molar-refractivity contribution < 1.29 is 18.0 Å². The van der Waals surface area contributed by atoms with E-state index in [9.17, 15) is 18.0 Å². The van der Waals surface area contributed by atoms with Crippen LogP contribution in [-0.2, 0) is 16.6 Å². The summed E-state index contributed by atoms with van der Waals surface area (Å²) in [5.74, 6) is -0.0649. The van der Waals surface area contributed by atoms with Gasteiger partial charge in [0.25, 0.3) is 5.91 Å². The molecule has 0 spiro atoms. The summed E-state index contributed by atoms with van der Waals surface area (Å²) in [6, 6.07) is 6.87. The molecular formula is C18H28N4O4S. The second kappa shape index (κ2) is 9.18. The number of amides is 3. The quantitative estimate of drug-likeness (QED) is 0.668. The molecule has 0 saturated carbocycles. The van der Waals surface area contributed by atoms with E-state index in [0.29, 0.717) is 38.0 Å². The maximum atomic E-state index is 12.6. The van der Waals surface area contributed by atoms with E-state index in [4.69, 9.17) is 0 Å². The molecule has 0 atom stereocenters. The molecule has 2 rings (SSSR count). The van der Waals surface area contributed by atoms with Gasteiger partial charge in [-0.25, -0.2) is 17.9 Å². The topological polar surface area (TPSA) is 108 Å². The number of rotatable bonds is 6. The molecule has 0 unspecified atom stereocenters. The number of urea groups is 1. The first-order valence-corrected chi connectivity index (χ1v) is 10.9. The van der Waals surface area contributed by atoms with Crippen molar-refractivity contribution in [2.24, 2.45) is 0 Å². The van der Waals surface area contributed by atoms with Crippen LogP contribution in [0, 0.1) is 0 Å². The predicted molar refractivity (Wildman–Crippen MR) is 104 cm³/mol. The van der Waals surface area contributed by atoms with Crippen molar-refractivity contribution in [3.63, 3.8) is 0 Å². The summed E-state index contributed by atoms with van der Waals surface area (Å²) in [5, 5.41) is 5.51. The van der Waals surface area contributed by atoms with Crippen molar-refractivity contribution in [3.05, 3.63) is 35.4 Å². The van der Waals surface area contributed by atoms with E-state index in [2.05, 4.69) is 15.4 Å². The minimum Gasteiger partial charge on any atom is -0.339 e. The number of hydrogen-bond donors (Lipinski definition) is 3. The van der Waals surface area contributed by atoms with E-state index in [1.807, 2.05) is 26.0 Å². The highest BCUT2D eigenvalue weighted by Gasteiger charge is 2.25. The fraction of sp³-hybridized carbons (Fsp3) is 0.556. The van der Waals surface area contributed by atoms with Gasteiger partial charge in [0.05, 0.1) is 6.26 Å². The van der Waals surface area contributed by atoms with Crippen LogP contribution in [-0.4, -0.2) is 56.7 Å². The van der Waals surface area contributed by atoms with E-state index in [-0.39, 0.29) is 24.0 Å². The molecule has 1 heterocycles. The van der Waals surface area contributed by atoms with E-state index >= 15 is 0 Å². The average Bonchev–Trinajstić information content (AvgIpc) is 2.58. The maximum absolute atomic E-state index is 12.6. The summed E-state index contributed by atoms with van der Waals surface area (Å²) in [6.45, 7) is 5.20. The number of carbonyl (C=O) groups is 2. The lowest BCUT2D eigenvalue weighted by molar-refractivity contribution is 0.0711. The van der Waals surface area contributed by atoms with Crippen molar-refractivity contribution in [3.8, 4) is 0 Å². The minimum absolute atomic E-state index is 0.0649. The summed E-state index contributed by atoms with van der Waals surface area (Å²) in [7, 11) is -3.22. The molecule has 0 radical (unpaired) electrons. The molecule has 3 N–H and O–H groups in total. The molecular weight excluding hydrogens is 368 g/mol. The smallest absolute Gasteiger partial charge is 0.315 e. The summed E-state index contributed by atoms with van der Waals surface area (Å²) >= 11 is 0.